The van der Waals surface area contributed by atoms with E-state index in [1.807, 2.05) is 0 Å². The van der Waals surface area contributed by atoms with Crippen molar-refractivity contribution in [1.29, 1.82) is 0 Å². The summed E-state index contributed by atoms with van der Waals surface area (Å²) in [5.41, 5.74) is 6.92. The van der Waals surface area contributed by atoms with Gasteiger partial charge in [-0.05, 0) is 32.2 Å². The number of piperazine rings is 1. The highest BCUT2D eigenvalue weighted by atomic mass is 35.5. The summed E-state index contributed by atoms with van der Waals surface area (Å²) in [4.78, 5) is 16.6. The SMILES string of the molecule is CC1CN(C)CCN1CC(=O)Nc1cc(Cl)ccc1N. The molecular formula is C14H21ClN4O. The van der Waals surface area contributed by atoms with Crippen LogP contribution in [0.4, 0.5) is 11.4 Å². The topological polar surface area (TPSA) is 61.6 Å². The zero-order valence-corrected chi connectivity index (χ0v) is 12.7. The summed E-state index contributed by atoms with van der Waals surface area (Å²) in [6, 6.07) is 5.43. The Kier molecular flexibility index (Phi) is 4.86. The maximum absolute atomic E-state index is 12.1. The lowest BCUT2D eigenvalue weighted by molar-refractivity contribution is -0.118. The maximum Gasteiger partial charge on any atom is 0.238 e. The molecule has 0 bridgehead atoms. The molecule has 110 valence electrons. The fraction of sp³-hybridized carbons (Fsp3) is 0.500. The lowest BCUT2D eigenvalue weighted by Crippen LogP contribution is -2.52. The maximum atomic E-state index is 12.1. The van der Waals surface area contributed by atoms with E-state index in [0.717, 1.165) is 19.6 Å². The van der Waals surface area contributed by atoms with E-state index in [1.54, 1.807) is 18.2 Å². The Morgan fingerprint density at radius 3 is 2.95 bits per heavy atom. The number of anilines is 2. The van der Waals surface area contributed by atoms with Gasteiger partial charge in [-0.3, -0.25) is 9.69 Å². The average Bonchev–Trinajstić information content (AvgIpc) is 2.37. The van der Waals surface area contributed by atoms with Crippen molar-refractivity contribution in [3.05, 3.63) is 23.2 Å². The van der Waals surface area contributed by atoms with Crippen molar-refractivity contribution in [3.8, 4) is 0 Å². The van der Waals surface area contributed by atoms with E-state index in [1.165, 1.54) is 0 Å². The zero-order valence-electron chi connectivity index (χ0n) is 11.9. The Morgan fingerprint density at radius 1 is 1.50 bits per heavy atom. The molecule has 1 unspecified atom stereocenters. The number of nitrogens with two attached hydrogens (primary N) is 1. The number of nitrogens with zero attached hydrogens (tertiary/aromatic N) is 2. The van der Waals surface area contributed by atoms with Gasteiger partial charge in [-0.2, -0.15) is 0 Å². The van der Waals surface area contributed by atoms with Gasteiger partial charge >= 0.3 is 0 Å². The van der Waals surface area contributed by atoms with Gasteiger partial charge in [-0.15, -0.1) is 0 Å². The highest BCUT2D eigenvalue weighted by Crippen LogP contribution is 2.22. The van der Waals surface area contributed by atoms with Gasteiger partial charge in [0.15, 0.2) is 0 Å². The van der Waals surface area contributed by atoms with Gasteiger partial charge in [-0.25, -0.2) is 0 Å². The second-order valence-corrected chi connectivity index (χ2v) is 5.80. The first-order chi connectivity index (χ1) is 9.45. The van der Waals surface area contributed by atoms with Crippen molar-refractivity contribution in [2.24, 2.45) is 0 Å². The van der Waals surface area contributed by atoms with Crippen molar-refractivity contribution in [3.63, 3.8) is 0 Å². The monoisotopic (exact) mass is 296 g/mol. The molecule has 1 atom stereocenters. The highest BCUT2D eigenvalue weighted by molar-refractivity contribution is 6.31. The van der Waals surface area contributed by atoms with Gasteiger partial charge in [-0.1, -0.05) is 11.6 Å². The first-order valence-electron chi connectivity index (χ1n) is 6.73. The van der Waals surface area contributed by atoms with E-state index in [2.05, 4.69) is 29.1 Å². The molecule has 5 nitrogen and oxygen atoms in total. The number of hydrogen-bond acceptors (Lipinski definition) is 4. The average molecular weight is 297 g/mol. The third-order valence-corrected chi connectivity index (χ3v) is 3.84. The molecule has 3 N–H and O–H groups in total. The molecule has 0 saturated carbocycles. The van der Waals surface area contributed by atoms with Crippen molar-refractivity contribution >= 4 is 28.9 Å². The van der Waals surface area contributed by atoms with Crippen LogP contribution in [0.1, 0.15) is 6.92 Å². The third kappa shape index (κ3) is 3.85. The largest absolute Gasteiger partial charge is 0.397 e. The van der Waals surface area contributed by atoms with Gasteiger partial charge in [0.05, 0.1) is 17.9 Å². The minimum absolute atomic E-state index is 0.0598. The predicted octanol–water partition coefficient (Wildman–Crippen LogP) is 1.50. The number of amides is 1. The Bertz CT molecular complexity index is 494. The number of carbonyl (C=O) groups is 1. The second-order valence-electron chi connectivity index (χ2n) is 5.36. The first-order valence-corrected chi connectivity index (χ1v) is 7.11. The normalized spacial score (nSPS) is 20.9. The van der Waals surface area contributed by atoms with Crippen LogP contribution in [0.5, 0.6) is 0 Å². The highest BCUT2D eigenvalue weighted by Gasteiger charge is 2.23. The Hall–Kier alpha value is -1.30. The summed E-state index contributed by atoms with van der Waals surface area (Å²) >= 11 is 5.91. The number of halogens is 1. The molecule has 0 aliphatic carbocycles. The van der Waals surface area contributed by atoms with Crippen molar-refractivity contribution in [2.45, 2.75) is 13.0 Å². The van der Waals surface area contributed by atoms with Crippen LogP contribution in [0.3, 0.4) is 0 Å². The molecule has 1 aliphatic heterocycles. The number of carbonyl (C=O) groups excluding carboxylic acids is 1. The number of likely N-dealkylation sites (N-methyl/N-ethyl adjacent to an activating group) is 1. The molecular weight excluding hydrogens is 276 g/mol. The van der Waals surface area contributed by atoms with Gasteiger partial charge < -0.3 is 16.0 Å². The molecule has 1 saturated heterocycles. The van der Waals surface area contributed by atoms with Gasteiger partial charge in [0.2, 0.25) is 5.91 Å². The van der Waals surface area contributed by atoms with Gasteiger partial charge in [0.1, 0.15) is 0 Å². The molecule has 20 heavy (non-hydrogen) atoms. The summed E-state index contributed by atoms with van der Waals surface area (Å²) in [6.07, 6.45) is 0. The van der Waals surface area contributed by atoms with Crippen LogP contribution in [0.2, 0.25) is 5.02 Å². The molecule has 0 aromatic heterocycles. The molecule has 1 heterocycles. The van der Waals surface area contributed by atoms with Crippen LogP contribution in [0.25, 0.3) is 0 Å². The van der Waals surface area contributed by atoms with E-state index in [-0.39, 0.29) is 5.91 Å². The van der Waals surface area contributed by atoms with Crippen LogP contribution in [-0.2, 0) is 4.79 Å². The molecule has 1 aromatic rings. The number of rotatable bonds is 3. The summed E-state index contributed by atoms with van der Waals surface area (Å²) in [5, 5.41) is 3.38. The van der Waals surface area contributed by atoms with E-state index >= 15 is 0 Å². The lowest BCUT2D eigenvalue weighted by Gasteiger charge is -2.37. The van der Waals surface area contributed by atoms with Crippen LogP contribution in [0, 0.1) is 0 Å². The molecule has 6 heteroatoms. The van der Waals surface area contributed by atoms with E-state index < -0.39 is 0 Å². The summed E-state index contributed by atoms with van der Waals surface area (Å²) < 4.78 is 0. The molecule has 1 amide bonds. The molecule has 0 spiro atoms. The van der Waals surface area contributed by atoms with Gasteiger partial charge in [0.25, 0.3) is 0 Å². The minimum Gasteiger partial charge on any atom is -0.397 e. The number of hydrogen-bond donors (Lipinski definition) is 2. The fourth-order valence-corrected chi connectivity index (χ4v) is 2.60. The van der Waals surface area contributed by atoms with E-state index in [4.69, 9.17) is 17.3 Å². The van der Waals surface area contributed by atoms with Crippen molar-refractivity contribution in [2.75, 3.05) is 44.3 Å². The molecule has 1 aliphatic rings. The predicted molar refractivity (Wildman–Crippen MR) is 83.0 cm³/mol. The quantitative estimate of drug-likeness (QED) is 0.830. The number of nitrogen functional groups attached to an aromatic ring is 1. The van der Waals surface area contributed by atoms with Crippen molar-refractivity contribution < 1.29 is 4.79 Å². The fourth-order valence-electron chi connectivity index (χ4n) is 2.42. The number of benzene rings is 1. The molecule has 1 aromatic carbocycles. The molecule has 2 rings (SSSR count). The van der Waals surface area contributed by atoms with E-state index in [9.17, 15) is 4.79 Å². The smallest absolute Gasteiger partial charge is 0.238 e. The number of nitrogens with one attached hydrogen (secondary N) is 1. The summed E-state index contributed by atoms with van der Waals surface area (Å²) in [7, 11) is 2.10. The first kappa shape index (κ1) is 15.1. The minimum atomic E-state index is -0.0598. The Labute approximate surface area is 124 Å². The summed E-state index contributed by atoms with van der Waals surface area (Å²) in [5.74, 6) is -0.0598. The van der Waals surface area contributed by atoms with Crippen LogP contribution < -0.4 is 11.1 Å². The standard InChI is InChI=1S/C14H21ClN4O/c1-10-8-18(2)5-6-19(10)9-14(20)17-13-7-11(15)3-4-12(13)16/h3-4,7,10H,5-6,8-9,16H2,1-2H3,(H,17,20). The van der Waals surface area contributed by atoms with Crippen LogP contribution in [0.15, 0.2) is 18.2 Å². The zero-order chi connectivity index (χ0) is 14.7. The summed E-state index contributed by atoms with van der Waals surface area (Å²) in [6.45, 7) is 5.37. The van der Waals surface area contributed by atoms with E-state index in [0.29, 0.717) is 29.0 Å². The molecule has 0 radical (unpaired) electrons. The Morgan fingerprint density at radius 2 is 2.25 bits per heavy atom. The van der Waals surface area contributed by atoms with Gasteiger partial charge in [0, 0.05) is 30.7 Å². The lowest BCUT2D eigenvalue weighted by atomic mass is 10.2. The van der Waals surface area contributed by atoms with Crippen LogP contribution in [-0.4, -0.2) is 55.0 Å². The third-order valence-electron chi connectivity index (χ3n) is 3.60. The Balaban J connectivity index is 1.94. The van der Waals surface area contributed by atoms with Crippen molar-refractivity contribution in [1.82, 2.24) is 9.80 Å². The second kappa shape index (κ2) is 6.43. The molecule has 1 fully saturated rings. The van der Waals surface area contributed by atoms with Crippen LogP contribution >= 0.6 is 11.6 Å².